The van der Waals surface area contributed by atoms with Crippen LogP contribution in [0.3, 0.4) is 0 Å². The van der Waals surface area contributed by atoms with E-state index in [4.69, 9.17) is 17.5 Å². The summed E-state index contributed by atoms with van der Waals surface area (Å²) in [6, 6.07) is 0. The molecule has 0 saturated heterocycles. The van der Waals surface area contributed by atoms with Crippen molar-refractivity contribution >= 4 is 22.5 Å². The second kappa shape index (κ2) is 11.5. The maximum atomic E-state index is 8.78. The maximum absolute atomic E-state index is 8.78. The van der Waals surface area contributed by atoms with Gasteiger partial charge in [-0.25, -0.2) is 0 Å². The van der Waals surface area contributed by atoms with Gasteiger partial charge in [0.1, 0.15) is 0 Å². The van der Waals surface area contributed by atoms with Gasteiger partial charge in [-0.05, 0) is 0 Å². The molecule has 1 radical (unpaired) electrons. The molecule has 0 heterocycles. The topological polar surface area (TPSA) is 132 Å². The van der Waals surface area contributed by atoms with Gasteiger partial charge in [0.25, 0.3) is 0 Å². The average molecular weight is 224 g/mol. The van der Waals surface area contributed by atoms with Crippen LogP contribution in [0.15, 0.2) is 0 Å². The van der Waals surface area contributed by atoms with E-state index in [-0.39, 0.29) is 17.1 Å². The van der Waals surface area contributed by atoms with Crippen molar-refractivity contribution in [3.63, 3.8) is 0 Å². The smallest absolute Gasteiger partial charge is 0.760 e. The fourth-order valence-electron chi connectivity index (χ4n) is 0. The summed E-state index contributed by atoms with van der Waals surface area (Å²) >= 11 is -4.72. The number of rotatable bonds is 0. The first kappa shape index (κ1) is 16.3. The summed E-state index contributed by atoms with van der Waals surface area (Å²) < 4.78 is 35.1. The molecule has 2 unspecified atom stereocenters. The first-order chi connectivity index (χ1) is 3.46. The Morgan fingerprint density at radius 2 is 1.00 bits per heavy atom. The van der Waals surface area contributed by atoms with Crippen molar-refractivity contribution in [3.8, 4) is 0 Å². The van der Waals surface area contributed by atoms with E-state index in [9.17, 15) is 0 Å². The molecule has 6 nitrogen and oxygen atoms in total. The quantitative estimate of drug-likeness (QED) is 0.346. The predicted molar refractivity (Wildman–Crippen MR) is 26.2 cm³/mol. The van der Waals surface area contributed by atoms with Crippen molar-refractivity contribution in [2.45, 2.75) is 0 Å². The molecule has 0 bridgehead atoms. The van der Waals surface area contributed by atoms with Crippen LogP contribution in [0.2, 0.25) is 0 Å². The molecule has 0 aromatic heterocycles. The summed E-state index contributed by atoms with van der Waals surface area (Å²) in [7, 11) is 0. The maximum Gasteiger partial charge on any atom is 2.00 e. The molecule has 4 N–H and O–H groups in total. The first-order valence-electron chi connectivity index (χ1n) is 1.14. The van der Waals surface area contributed by atoms with E-state index in [1.807, 2.05) is 0 Å². The summed E-state index contributed by atoms with van der Waals surface area (Å²) in [5, 5.41) is 8.06. The Bertz CT molecular complexity index is 74.6. The van der Waals surface area contributed by atoms with Gasteiger partial charge in [-0.15, -0.1) is 0 Å². The molecule has 0 aliphatic heterocycles. The third-order valence-corrected chi connectivity index (χ3v) is 0. The summed E-state index contributed by atoms with van der Waals surface area (Å²) in [4.78, 5) is 0. The van der Waals surface area contributed by atoms with E-state index in [1.54, 1.807) is 0 Å². The Labute approximate surface area is 67.7 Å². The molecular formula is H4CuN2O4S2. The molecule has 0 amide bonds. The fraction of sp³-hybridized carbons (Fsp3) is 0. The van der Waals surface area contributed by atoms with Gasteiger partial charge in [-0.2, -0.15) is 0 Å². The molecule has 0 saturated carbocycles. The molecule has 9 heteroatoms. The van der Waals surface area contributed by atoms with Crippen LogP contribution in [0.5, 0.6) is 0 Å². The molecule has 0 rings (SSSR count). The molecule has 0 aromatic rings. The normalized spacial score (nSPS) is 13.8. The molecule has 9 heavy (non-hydrogen) atoms. The van der Waals surface area contributed by atoms with Crippen molar-refractivity contribution in [1.29, 1.82) is 0 Å². The monoisotopic (exact) mass is 223 g/mol. The molecule has 0 spiro atoms. The van der Waals surface area contributed by atoms with Crippen LogP contribution in [0.25, 0.3) is 0 Å². The van der Waals surface area contributed by atoms with Crippen LogP contribution >= 0.6 is 0 Å². The summed E-state index contributed by atoms with van der Waals surface area (Å²) in [6.45, 7) is 0. The van der Waals surface area contributed by atoms with E-state index >= 15 is 0 Å². The van der Waals surface area contributed by atoms with Crippen LogP contribution in [0.4, 0.5) is 0 Å². The average Bonchev–Trinajstić information content (AvgIpc) is 1.25. The van der Waals surface area contributed by atoms with E-state index in [2.05, 4.69) is 10.3 Å². The molecular weight excluding hydrogens is 220 g/mol. The zero-order chi connectivity index (χ0) is 7.15. The predicted octanol–water partition coefficient (Wildman–Crippen LogP) is -2.52. The molecule has 0 fully saturated rings. The van der Waals surface area contributed by atoms with E-state index < -0.39 is 22.5 Å². The van der Waals surface area contributed by atoms with Crippen molar-refractivity contribution in [3.05, 3.63) is 0 Å². The minimum Gasteiger partial charge on any atom is -0.760 e. The minimum atomic E-state index is -2.36. The van der Waals surface area contributed by atoms with Gasteiger partial charge in [0.05, 0.1) is 0 Å². The number of hydrogen-bond acceptors (Lipinski definition) is 4. The Morgan fingerprint density at radius 3 is 1.00 bits per heavy atom. The van der Waals surface area contributed by atoms with E-state index in [0.717, 1.165) is 0 Å². The zero-order valence-corrected chi connectivity index (χ0v) is 6.48. The standard InChI is InChI=1S/Cu.2H3NO2S/c;2*1-4(2)3/h;2*1H2,(H,2,3)/q+2;;/p-2. The van der Waals surface area contributed by atoms with Gasteiger partial charge in [-0.3, -0.25) is 18.7 Å². The summed E-state index contributed by atoms with van der Waals surface area (Å²) in [6.07, 6.45) is 0. The van der Waals surface area contributed by atoms with Crippen LogP contribution in [0, 0.1) is 0 Å². The van der Waals surface area contributed by atoms with Crippen LogP contribution in [-0.4, -0.2) is 17.5 Å². The number of nitrogens with two attached hydrogens (primary N) is 2. The second-order valence-electron chi connectivity index (χ2n) is 0.521. The summed E-state index contributed by atoms with van der Waals surface area (Å²) in [5.74, 6) is 0. The van der Waals surface area contributed by atoms with Gasteiger partial charge in [0.2, 0.25) is 0 Å². The largest absolute Gasteiger partial charge is 2.00 e. The third kappa shape index (κ3) is 883. The molecule has 0 aromatic carbocycles. The van der Waals surface area contributed by atoms with Gasteiger partial charge in [0, 0.05) is 22.5 Å². The van der Waals surface area contributed by atoms with Crippen molar-refractivity contribution in [2.75, 3.05) is 0 Å². The van der Waals surface area contributed by atoms with Gasteiger partial charge in [-0.1, -0.05) is 0 Å². The second-order valence-corrected chi connectivity index (χ2v) is 1.56. The zero-order valence-electron chi connectivity index (χ0n) is 3.91. The van der Waals surface area contributed by atoms with E-state index in [1.165, 1.54) is 0 Å². The van der Waals surface area contributed by atoms with Crippen LogP contribution < -0.4 is 10.3 Å². The molecule has 0 aliphatic carbocycles. The summed E-state index contributed by atoms with van der Waals surface area (Å²) in [5.41, 5.74) is 0. The van der Waals surface area contributed by atoms with E-state index in [0.29, 0.717) is 0 Å². The SMILES string of the molecule is NS(=O)[O-].NS(=O)[O-].[Cu+2]. The van der Waals surface area contributed by atoms with Crippen molar-refractivity contribution in [1.82, 2.24) is 0 Å². The third-order valence-electron chi connectivity index (χ3n) is 0. The first-order valence-corrected chi connectivity index (χ1v) is 3.41. The Morgan fingerprint density at radius 1 is 1.00 bits per heavy atom. The Balaban J connectivity index is -0.0000000720. The number of hydrogen-bond donors (Lipinski definition) is 2. The molecule has 0 aliphatic rings. The van der Waals surface area contributed by atoms with Gasteiger partial charge >= 0.3 is 17.1 Å². The molecule has 2 atom stereocenters. The van der Waals surface area contributed by atoms with Gasteiger partial charge < -0.3 is 9.11 Å². The Kier molecular flexibility index (Phi) is 20.8. The van der Waals surface area contributed by atoms with Crippen LogP contribution in [-0.2, 0) is 39.6 Å². The van der Waals surface area contributed by atoms with Gasteiger partial charge in [0.15, 0.2) is 0 Å². The van der Waals surface area contributed by atoms with Crippen molar-refractivity contribution < 1.29 is 34.6 Å². The molecule has 61 valence electrons. The minimum absolute atomic E-state index is 0. The Hall–Kier alpha value is 0.659. The van der Waals surface area contributed by atoms with Crippen molar-refractivity contribution in [2.24, 2.45) is 10.3 Å². The van der Waals surface area contributed by atoms with Crippen LogP contribution in [0.1, 0.15) is 0 Å². The fourth-order valence-corrected chi connectivity index (χ4v) is 0.